The fraction of sp³-hybridized carbons (Fsp3) is 0.438. The Bertz CT molecular complexity index is 907. The maximum absolute atomic E-state index is 12.5. The average molecular weight is 358 g/mol. The molecule has 128 valence electrons. The number of hydrogen-bond acceptors (Lipinski definition) is 7. The normalized spacial score (nSPS) is 27.7. The van der Waals surface area contributed by atoms with E-state index in [2.05, 4.69) is 16.4 Å². The second-order valence-electron chi connectivity index (χ2n) is 6.11. The van der Waals surface area contributed by atoms with Crippen LogP contribution in [0.25, 0.3) is 10.2 Å². The molecule has 25 heavy (non-hydrogen) atoms. The van der Waals surface area contributed by atoms with Crippen molar-refractivity contribution in [2.24, 2.45) is 0 Å². The van der Waals surface area contributed by atoms with Gasteiger partial charge in [-0.2, -0.15) is 5.26 Å². The van der Waals surface area contributed by atoms with Crippen LogP contribution in [0.2, 0.25) is 0 Å². The van der Waals surface area contributed by atoms with E-state index in [1.807, 2.05) is 12.1 Å². The van der Waals surface area contributed by atoms with Crippen molar-refractivity contribution >= 4 is 32.7 Å². The number of nitriles is 1. The molecule has 3 aliphatic rings. The molecule has 2 amide bonds. The predicted octanol–water partition coefficient (Wildman–Crippen LogP) is 1.65. The first-order chi connectivity index (χ1) is 12.2. The number of carbonyl (C=O) groups excluding carboxylic acids is 1. The van der Waals surface area contributed by atoms with E-state index in [1.54, 1.807) is 4.90 Å². The van der Waals surface area contributed by atoms with Gasteiger partial charge in [-0.15, -0.1) is 0 Å². The summed E-state index contributed by atoms with van der Waals surface area (Å²) in [6, 6.07) is 5.45. The van der Waals surface area contributed by atoms with E-state index in [4.69, 9.17) is 19.5 Å². The number of carbonyl (C=O) groups is 1. The van der Waals surface area contributed by atoms with Crippen LogP contribution in [0.1, 0.15) is 6.42 Å². The molecule has 0 radical (unpaired) electrons. The monoisotopic (exact) mass is 358 g/mol. The lowest BCUT2D eigenvalue weighted by molar-refractivity contribution is 0.0299. The van der Waals surface area contributed by atoms with Gasteiger partial charge < -0.3 is 19.5 Å². The van der Waals surface area contributed by atoms with Crippen molar-refractivity contribution in [1.82, 2.24) is 10.3 Å². The molecule has 3 aliphatic heterocycles. The van der Waals surface area contributed by atoms with Gasteiger partial charge in [-0.3, -0.25) is 4.90 Å². The highest BCUT2D eigenvalue weighted by Crippen LogP contribution is 2.42. The Hall–Kier alpha value is -2.57. The number of fused-ring (bicyclic) bond motifs is 4. The number of ether oxygens (including phenoxy) is 3. The van der Waals surface area contributed by atoms with Crippen LogP contribution in [-0.4, -0.2) is 49.0 Å². The number of hydrogen-bond donors (Lipinski definition) is 1. The molecule has 2 saturated heterocycles. The number of nitrogens with one attached hydrogen (secondary N) is 1. The molecule has 1 aromatic heterocycles. The molecular weight excluding hydrogens is 344 g/mol. The molecule has 3 atom stereocenters. The average Bonchev–Trinajstić information content (AvgIpc) is 3.20. The highest BCUT2D eigenvalue weighted by Gasteiger charge is 2.46. The fourth-order valence-corrected chi connectivity index (χ4v) is 4.52. The third-order valence-corrected chi connectivity index (χ3v) is 5.68. The highest BCUT2D eigenvalue weighted by atomic mass is 32.1. The summed E-state index contributed by atoms with van der Waals surface area (Å²) in [4.78, 5) is 18.8. The standard InChI is InChI=1S/C16H14N4O4S/c17-6-8-5-10-9(7-24-8)18-15(21)20(10)16-19-13-12(25-16)2-1-11-14(13)23-4-3-22-11/h1-2,8-10H,3-5,7H2,(H,18,21)/t8-,9+,10-/m1/s1. The molecule has 5 rings (SSSR count). The first-order valence-electron chi connectivity index (χ1n) is 8.04. The van der Waals surface area contributed by atoms with E-state index in [0.29, 0.717) is 48.4 Å². The summed E-state index contributed by atoms with van der Waals surface area (Å²) in [6.45, 7) is 1.33. The van der Waals surface area contributed by atoms with Crippen LogP contribution in [0.15, 0.2) is 12.1 Å². The first kappa shape index (κ1) is 14.7. The molecule has 0 saturated carbocycles. The molecule has 2 fully saturated rings. The van der Waals surface area contributed by atoms with Gasteiger partial charge in [-0.25, -0.2) is 9.78 Å². The van der Waals surface area contributed by atoms with Crippen molar-refractivity contribution in [2.75, 3.05) is 24.7 Å². The minimum atomic E-state index is -0.504. The van der Waals surface area contributed by atoms with Gasteiger partial charge in [-0.05, 0) is 12.1 Å². The first-order valence-corrected chi connectivity index (χ1v) is 8.86. The Morgan fingerprint density at radius 1 is 1.36 bits per heavy atom. The summed E-state index contributed by atoms with van der Waals surface area (Å²) in [5.74, 6) is 1.30. The van der Waals surface area contributed by atoms with Gasteiger partial charge in [0.15, 0.2) is 16.6 Å². The summed E-state index contributed by atoms with van der Waals surface area (Å²) < 4.78 is 17.7. The zero-order valence-electron chi connectivity index (χ0n) is 13.1. The van der Waals surface area contributed by atoms with E-state index in [-0.39, 0.29) is 18.1 Å². The smallest absolute Gasteiger partial charge is 0.324 e. The topological polar surface area (TPSA) is 96.7 Å². The number of benzene rings is 1. The maximum Gasteiger partial charge on any atom is 0.324 e. The lowest BCUT2D eigenvalue weighted by Crippen LogP contribution is -2.47. The van der Waals surface area contributed by atoms with Crippen molar-refractivity contribution in [3.8, 4) is 17.6 Å². The van der Waals surface area contributed by atoms with E-state index in [1.165, 1.54) is 11.3 Å². The van der Waals surface area contributed by atoms with Gasteiger partial charge in [-0.1, -0.05) is 11.3 Å². The number of amides is 2. The molecule has 1 aromatic carbocycles. The Morgan fingerprint density at radius 3 is 3.12 bits per heavy atom. The quantitative estimate of drug-likeness (QED) is 0.832. The molecule has 0 spiro atoms. The Kier molecular flexibility index (Phi) is 3.23. The minimum absolute atomic E-state index is 0.127. The number of aromatic nitrogens is 1. The van der Waals surface area contributed by atoms with Crippen LogP contribution >= 0.6 is 11.3 Å². The van der Waals surface area contributed by atoms with Crippen LogP contribution in [0, 0.1) is 11.3 Å². The number of rotatable bonds is 1. The molecular formula is C16H14N4O4S. The summed E-state index contributed by atoms with van der Waals surface area (Å²) in [6.07, 6.45) is -0.0385. The van der Waals surface area contributed by atoms with Crippen molar-refractivity contribution < 1.29 is 19.0 Å². The molecule has 0 aliphatic carbocycles. The van der Waals surface area contributed by atoms with Crippen LogP contribution in [0.5, 0.6) is 11.5 Å². The van der Waals surface area contributed by atoms with Gasteiger partial charge in [0.25, 0.3) is 0 Å². The second kappa shape index (κ2) is 5.47. The van der Waals surface area contributed by atoms with Crippen molar-refractivity contribution in [3.05, 3.63) is 12.1 Å². The zero-order valence-corrected chi connectivity index (χ0v) is 13.9. The molecule has 0 unspecified atom stereocenters. The Balaban J connectivity index is 1.56. The number of thiazole rings is 1. The third kappa shape index (κ3) is 2.22. The van der Waals surface area contributed by atoms with E-state index < -0.39 is 6.10 Å². The molecule has 0 bridgehead atoms. The third-order valence-electron chi connectivity index (χ3n) is 4.66. The summed E-state index contributed by atoms with van der Waals surface area (Å²) >= 11 is 1.43. The van der Waals surface area contributed by atoms with E-state index in [0.717, 1.165) is 4.70 Å². The summed E-state index contributed by atoms with van der Waals surface area (Å²) in [5, 5.41) is 12.7. The summed E-state index contributed by atoms with van der Waals surface area (Å²) in [7, 11) is 0. The van der Waals surface area contributed by atoms with E-state index >= 15 is 0 Å². The highest BCUT2D eigenvalue weighted by molar-refractivity contribution is 7.22. The minimum Gasteiger partial charge on any atom is -0.486 e. The fourth-order valence-electron chi connectivity index (χ4n) is 3.49. The van der Waals surface area contributed by atoms with Gasteiger partial charge in [0, 0.05) is 6.42 Å². The van der Waals surface area contributed by atoms with Crippen molar-refractivity contribution in [1.29, 1.82) is 5.26 Å². The summed E-state index contributed by atoms with van der Waals surface area (Å²) in [5.41, 5.74) is 0.706. The van der Waals surface area contributed by atoms with Gasteiger partial charge >= 0.3 is 6.03 Å². The van der Waals surface area contributed by atoms with Gasteiger partial charge in [0.1, 0.15) is 24.8 Å². The van der Waals surface area contributed by atoms with Crippen LogP contribution < -0.4 is 19.7 Å². The Labute approximate surface area is 146 Å². The van der Waals surface area contributed by atoms with Crippen LogP contribution in [-0.2, 0) is 4.74 Å². The van der Waals surface area contributed by atoms with Crippen LogP contribution in [0.4, 0.5) is 9.93 Å². The van der Waals surface area contributed by atoms with Crippen molar-refractivity contribution in [2.45, 2.75) is 24.6 Å². The molecule has 8 nitrogen and oxygen atoms in total. The molecule has 4 heterocycles. The van der Waals surface area contributed by atoms with Gasteiger partial charge in [0.2, 0.25) is 0 Å². The number of anilines is 1. The lowest BCUT2D eigenvalue weighted by atomic mass is 10.00. The molecule has 9 heteroatoms. The lowest BCUT2D eigenvalue weighted by Gasteiger charge is -2.30. The predicted molar refractivity (Wildman–Crippen MR) is 89.2 cm³/mol. The van der Waals surface area contributed by atoms with Gasteiger partial charge in [0.05, 0.1) is 29.5 Å². The van der Waals surface area contributed by atoms with E-state index in [9.17, 15) is 4.79 Å². The second-order valence-corrected chi connectivity index (χ2v) is 7.12. The number of nitrogens with zero attached hydrogens (tertiary/aromatic N) is 3. The zero-order chi connectivity index (χ0) is 17.0. The SMILES string of the molecule is N#C[C@H]1C[C@@H]2[C@H](CO1)NC(=O)N2c1nc2c3c(ccc2s1)OCCO3. The van der Waals surface area contributed by atoms with Crippen LogP contribution in [0.3, 0.4) is 0 Å². The largest absolute Gasteiger partial charge is 0.486 e. The Morgan fingerprint density at radius 2 is 2.24 bits per heavy atom. The molecule has 1 N–H and O–H groups in total. The maximum atomic E-state index is 12.5. The number of urea groups is 1. The van der Waals surface area contributed by atoms with Crippen molar-refractivity contribution in [3.63, 3.8) is 0 Å². The molecule has 2 aromatic rings.